The van der Waals surface area contributed by atoms with Crippen molar-refractivity contribution in [3.63, 3.8) is 0 Å². The molecule has 24 heavy (non-hydrogen) atoms. The van der Waals surface area contributed by atoms with Gasteiger partial charge in [-0.25, -0.2) is 17.9 Å². The number of aliphatic hydroxyl groups is 1. The summed E-state index contributed by atoms with van der Waals surface area (Å²) >= 11 is 0. The number of hydrogen-bond donors (Lipinski definition) is 4. The fourth-order valence-corrected chi connectivity index (χ4v) is 4.41. The van der Waals surface area contributed by atoms with Crippen LogP contribution in [0.3, 0.4) is 0 Å². The summed E-state index contributed by atoms with van der Waals surface area (Å²) in [5.41, 5.74) is 0.195. The second kappa shape index (κ2) is 8.46. The van der Waals surface area contributed by atoms with Crippen LogP contribution in [-0.4, -0.2) is 43.8 Å². The summed E-state index contributed by atoms with van der Waals surface area (Å²) in [5, 5.41) is 20.9. The number of sulfonamides is 1. The van der Waals surface area contributed by atoms with E-state index in [1.54, 1.807) is 0 Å². The predicted octanol–water partition coefficient (Wildman–Crippen LogP) is 1.79. The zero-order chi connectivity index (χ0) is 17.6. The van der Waals surface area contributed by atoms with Crippen molar-refractivity contribution in [3.8, 4) is 0 Å². The molecule has 1 saturated carbocycles. The molecule has 134 valence electrons. The molecule has 0 heterocycles. The van der Waals surface area contributed by atoms with Crippen molar-refractivity contribution in [2.24, 2.45) is 0 Å². The van der Waals surface area contributed by atoms with Crippen LogP contribution < -0.4 is 10.0 Å². The first-order valence-corrected chi connectivity index (χ1v) is 9.67. The van der Waals surface area contributed by atoms with E-state index in [-0.39, 0.29) is 35.3 Å². The Bertz CT molecular complexity index is 667. The first kappa shape index (κ1) is 18.7. The quantitative estimate of drug-likeness (QED) is 0.554. The number of nitrogens with one attached hydrogen (secondary N) is 2. The Morgan fingerprint density at radius 3 is 2.42 bits per heavy atom. The van der Waals surface area contributed by atoms with Gasteiger partial charge >= 0.3 is 5.97 Å². The second-order valence-corrected chi connectivity index (χ2v) is 7.66. The molecule has 0 saturated heterocycles. The summed E-state index contributed by atoms with van der Waals surface area (Å²) in [5.74, 6) is -1.19. The molecule has 1 fully saturated rings. The Kier molecular flexibility index (Phi) is 6.59. The van der Waals surface area contributed by atoms with E-state index in [0.717, 1.165) is 44.6 Å². The number of anilines is 1. The molecule has 0 atom stereocenters. The lowest BCUT2D eigenvalue weighted by molar-refractivity contribution is 0.0696. The topological polar surface area (TPSA) is 116 Å². The summed E-state index contributed by atoms with van der Waals surface area (Å²) in [7, 11) is -3.85. The van der Waals surface area contributed by atoms with Gasteiger partial charge in [0.1, 0.15) is 4.90 Å². The van der Waals surface area contributed by atoms with E-state index in [1.165, 1.54) is 12.1 Å². The van der Waals surface area contributed by atoms with E-state index < -0.39 is 16.0 Å². The van der Waals surface area contributed by atoms with Crippen molar-refractivity contribution in [3.05, 3.63) is 23.8 Å². The Balaban J connectivity index is 2.30. The molecule has 1 aromatic rings. The minimum atomic E-state index is -3.85. The molecule has 0 bridgehead atoms. The molecule has 1 aliphatic rings. The van der Waals surface area contributed by atoms with E-state index in [0.29, 0.717) is 0 Å². The van der Waals surface area contributed by atoms with Gasteiger partial charge in [0.15, 0.2) is 0 Å². The van der Waals surface area contributed by atoms with Crippen LogP contribution in [0.2, 0.25) is 0 Å². The zero-order valence-corrected chi connectivity index (χ0v) is 14.3. The van der Waals surface area contributed by atoms with Gasteiger partial charge in [-0.15, -0.1) is 0 Å². The van der Waals surface area contributed by atoms with Gasteiger partial charge in [-0.3, -0.25) is 0 Å². The van der Waals surface area contributed by atoms with Gasteiger partial charge in [0.05, 0.1) is 17.9 Å². The summed E-state index contributed by atoms with van der Waals surface area (Å²) in [6.07, 6.45) is 5.76. The highest BCUT2D eigenvalue weighted by molar-refractivity contribution is 7.89. The van der Waals surface area contributed by atoms with Crippen molar-refractivity contribution in [2.75, 3.05) is 18.5 Å². The number of carboxylic acid groups (broad SMARTS) is 1. The van der Waals surface area contributed by atoms with E-state index in [4.69, 9.17) is 10.2 Å². The number of rotatable bonds is 7. The van der Waals surface area contributed by atoms with Crippen molar-refractivity contribution in [1.82, 2.24) is 4.72 Å². The molecule has 0 amide bonds. The number of carboxylic acids is 1. The molecule has 0 radical (unpaired) electrons. The molecule has 8 heteroatoms. The Hall–Kier alpha value is -1.64. The van der Waals surface area contributed by atoms with Crippen LogP contribution in [0.1, 0.15) is 48.9 Å². The summed E-state index contributed by atoms with van der Waals surface area (Å²) in [6.45, 7) is 0.0224. The summed E-state index contributed by atoms with van der Waals surface area (Å²) in [4.78, 5) is 11.1. The number of aromatic carboxylic acids is 1. The fraction of sp³-hybridized carbons (Fsp3) is 0.562. The largest absolute Gasteiger partial charge is 0.478 e. The molecular formula is C16H24N2O5S. The molecule has 1 aromatic carbocycles. The van der Waals surface area contributed by atoms with Gasteiger partial charge in [0.2, 0.25) is 10.0 Å². The molecule has 7 nitrogen and oxygen atoms in total. The number of hydrogen-bond acceptors (Lipinski definition) is 5. The van der Waals surface area contributed by atoms with Crippen LogP contribution in [-0.2, 0) is 10.0 Å². The van der Waals surface area contributed by atoms with Gasteiger partial charge in [0, 0.05) is 12.6 Å². The molecule has 0 aromatic heterocycles. The Morgan fingerprint density at radius 1 is 1.17 bits per heavy atom. The van der Waals surface area contributed by atoms with Crippen LogP contribution in [0.5, 0.6) is 0 Å². The lowest BCUT2D eigenvalue weighted by Gasteiger charge is -2.19. The lowest BCUT2D eigenvalue weighted by atomic mass is 10.1. The average Bonchev–Trinajstić information content (AvgIpc) is 2.80. The molecule has 1 aliphatic carbocycles. The van der Waals surface area contributed by atoms with Crippen LogP contribution in [0.15, 0.2) is 23.1 Å². The first-order valence-electron chi connectivity index (χ1n) is 8.18. The Labute approximate surface area is 142 Å². The molecule has 0 aliphatic heterocycles. The smallest absolute Gasteiger partial charge is 0.335 e. The van der Waals surface area contributed by atoms with E-state index >= 15 is 0 Å². The molecule has 4 N–H and O–H groups in total. The van der Waals surface area contributed by atoms with Crippen molar-refractivity contribution in [1.29, 1.82) is 0 Å². The third-order valence-electron chi connectivity index (χ3n) is 4.12. The first-order chi connectivity index (χ1) is 11.4. The number of aliphatic hydroxyl groups excluding tert-OH is 1. The standard InChI is InChI=1S/C16H24N2O5S/c19-10-9-17-14-8-7-12(16(20)21)11-15(14)24(22,23)18-13-5-3-1-2-4-6-13/h7-8,11,13,17-19H,1-6,9-10H2,(H,20,21). The second-order valence-electron chi connectivity index (χ2n) is 5.98. The van der Waals surface area contributed by atoms with Crippen LogP contribution >= 0.6 is 0 Å². The fourth-order valence-electron chi connectivity index (χ4n) is 2.89. The third kappa shape index (κ3) is 4.93. The zero-order valence-electron chi connectivity index (χ0n) is 13.5. The summed E-state index contributed by atoms with van der Waals surface area (Å²) < 4.78 is 28.2. The Morgan fingerprint density at radius 2 is 1.83 bits per heavy atom. The van der Waals surface area contributed by atoms with Gasteiger partial charge in [-0.2, -0.15) is 0 Å². The maximum Gasteiger partial charge on any atom is 0.335 e. The number of carbonyl (C=O) groups is 1. The SMILES string of the molecule is O=C(O)c1ccc(NCCO)c(S(=O)(=O)NC2CCCCCC2)c1. The third-order valence-corrected chi connectivity index (χ3v) is 5.68. The highest BCUT2D eigenvalue weighted by Crippen LogP contribution is 2.25. The minimum Gasteiger partial charge on any atom is -0.478 e. The van der Waals surface area contributed by atoms with Crippen molar-refractivity contribution >= 4 is 21.7 Å². The minimum absolute atomic E-state index is 0.0919. The van der Waals surface area contributed by atoms with Gasteiger partial charge in [-0.05, 0) is 31.0 Å². The molecule has 0 spiro atoms. The maximum atomic E-state index is 12.8. The molecule has 2 rings (SSSR count). The highest BCUT2D eigenvalue weighted by atomic mass is 32.2. The number of benzene rings is 1. The normalized spacial score (nSPS) is 16.5. The molecule has 0 unspecified atom stereocenters. The van der Waals surface area contributed by atoms with Crippen LogP contribution in [0.25, 0.3) is 0 Å². The summed E-state index contributed by atoms with van der Waals surface area (Å²) in [6, 6.07) is 3.78. The lowest BCUT2D eigenvalue weighted by Crippen LogP contribution is -2.35. The van der Waals surface area contributed by atoms with Gasteiger partial charge < -0.3 is 15.5 Å². The molecular weight excluding hydrogens is 332 g/mol. The van der Waals surface area contributed by atoms with Crippen molar-refractivity contribution < 1.29 is 23.4 Å². The van der Waals surface area contributed by atoms with E-state index in [2.05, 4.69) is 10.0 Å². The van der Waals surface area contributed by atoms with Crippen LogP contribution in [0, 0.1) is 0 Å². The van der Waals surface area contributed by atoms with Gasteiger partial charge in [-0.1, -0.05) is 25.7 Å². The van der Waals surface area contributed by atoms with E-state index in [1.807, 2.05) is 0 Å². The predicted molar refractivity (Wildman–Crippen MR) is 90.8 cm³/mol. The van der Waals surface area contributed by atoms with E-state index in [9.17, 15) is 13.2 Å². The monoisotopic (exact) mass is 356 g/mol. The average molecular weight is 356 g/mol. The van der Waals surface area contributed by atoms with Crippen LogP contribution in [0.4, 0.5) is 5.69 Å². The highest BCUT2D eigenvalue weighted by Gasteiger charge is 2.25. The van der Waals surface area contributed by atoms with Gasteiger partial charge in [0.25, 0.3) is 0 Å². The van der Waals surface area contributed by atoms with Crippen molar-refractivity contribution in [2.45, 2.75) is 49.5 Å². The maximum absolute atomic E-state index is 12.8.